The monoisotopic (exact) mass is 374 g/mol. The number of cyclic esters (lactones) is 2. The number of hydrogen-bond acceptors (Lipinski definition) is 3. The first-order valence-electron chi connectivity index (χ1n) is 7.10. The minimum Gasteiger partial charge on any atom is -0.386 e. The normalized spacial score (nSPS) is 15.0. The molecule has 1 aliphatic rings. The van der Waals surface area contributed by atoms with E-state index in [2.05, 4.69) is 4.74 Å². The Morgan fingerprint density at radius 2 is 1.19 bits per heavy atom. The summed E-state index contributed by atoms with van der Waals surface area (Å²) in [5.41, 5.74) is -7.68. The van der Waals surface area contributed by atoms with E-state index in [0.29, 0.717) is 24.3 Å². The van der Waals surface area contributed by atoms with Crippen LogP contribution in [0.2, 0.25) is 0 Å². The van der Waals surface area contributed by atoms with E-state index in [-0.39, 0.29) is 5.56 Å². The number of carbonyl (C=O) groups is 2. The Morgan fingerprint density at radius 3 is 1.73 bits per heavy atom. The van der Waals surface area contributed by atoms with Crippen molar-refractivity contribution in [1.82, 2.24) is 0 Å². The maximum absolute atomic E-state index is 13.9. The molecule has 0 spiro atoms. The molecule has 1 aliphatic heterocycles. The molecule has 0 N–H and O–H groups in total. The summed E-state index contributed by atoms with van der Waals surface area (Å²) in [6, 6.07) is 6.46. The molecular weight excluding hydrogens is 366 g/mol. The van der Waals surface area contributed by atoms with Crippen molar-refractivity contribution in [2.75, 3.05) is 0 Å². The number of alkyl halides is 6. The highest BCUT2D eigenvalue weighted by Crippen LogP contribution is 2.56. The van der Waals surface area contributed by atoms with E-state index in [1.807, 2.05) is 0 Å². The number of ether oxygens (including phenoxy) is 1. The second-order valence-electron chi connectivity index (χ2n) is 5.55. The largest absolute Gasteiger partial charge is 0.411 e. The molecule has 26 heavy (non-hydrogen) atoms. The van der Waals surface area contributed by atoms with Crippen LogP contribution in [-0.2, 0) is 10.2 Å². The van der Waals surface area contributed by atoms with Crippen LogP contribution >= 0.6 is 0 Å². The van der Waals surface area contributed by atoms with E-state index in [4.69, 9.17) is 0 Å². The molecular formula is C17H8F6O3. The molecule has 136 valence electrons. The maximum Gasteiger partial charge on any atom is 0.411 e. The molecule has 9 heteroatoms. The SMILES string of the molecule is O=C1OC(=O)c2cc(C(c3ccccc3)(C(F)(F)F)C(F)(F)F)ccc21. The smallest absolute Gasteiger partial charge is 0.386 e. The van der Waals surface area contributed by atoms with Gasteiger partial charge in [0.1, 0.15) is 0 Å². The van der Waals surface area contributed by atoms with Crippen molar-refractivity contribution in [3.05, 3.63) is 70.8 Å². The fourth-order valence-electron chi connectivity index (χ4n) is 2.99. The first kappa shape index (κ1) is 18.0. The van der Waals surface area contributed by atoms with Crippen molar-refractivity contribution in [3.8, 4) is 0 Å². The van der Waals surface area contributed by atoms with Crippen LogP contribution in [0.4, 0.5) is 26.3 Å². The van der Waals surface area contributed by atoms with E-state index in [1.165, 1.54) is 6.07 Å². The third-order valence-corrected chi connectivity index (χ3v) is 4.14. The van der Waals surface area contributed by atoms with E-state index in [0.717, 1.165) is 18.2 Å². The highest BCUT2D eigenvalue weighted by atomic mass is 19.4. The molecule has 0 aliphatic carbocycles. The van der Waals surface area contributed by atoms with Gasteiger partial charge in [0.05, 0.1) is 11.1 Å². The summed E-state index contributed by atoms with van der Waals surface area (Å²) in [6.07, 6.45) is -11.5. The fourth-order valence-corrected chi connectivity index (χ4v) is 2.99. The molecule has 0 bridgehead atoms. The zero-order chi connectivity index (χ0) is 19.3. The molecule has 0 saturated heterocycles. The highest BCUT2D eigenvalue weighted by Gasteiger charge is 2.72. The fraction of sp³-hybridized carbons (Fsp3) is 0.176. The topological polar surface area (TPSA) is 43.4 Å². The zero-order valence-corrected chi connectivity index (χ0v) is 12.6. The lowest BCUT2D eigenvalue weighted by Crippen LogP contribution is -2.54. The van der Waals surface area contributed by atoms with Gasteiger partial charge in [-0.2, -0.15) is 26.3 Å². The standard InChI is InChI=1S/C17H8F6O3/c18-16(19,20)15(17(21,22)23,9-4-2-1-3-5-9)10-6-7-11-12(8-10)14(25)26-13(11)24/h1-8H. The molecule has 0 fully saturated rings. The predicted octanol–water partition coefficient (Wildman–Crippen LogP) is 4.41. The summed E-state index contributed by atoms with van der Waals surface area (Å²) in [7, 11) is 0. The third-order valence-electron chi connectivity index (χ3n) is 4.14. The summed E-state index contributed by atoms with van der Waals surface area (Å²) in [4.78, 5) is 23.0. The summed E-state index contributed by atoms with van der Waals surface area (Å²) < 4.78 is 87.4. The molecule has 2 aromatic rings. The van der Waals surface area contributed by atoms with Gasteiger partial charge in [0.25, 0.3) is 0 Å². The summed E-state index contributed by atoms with van der Waals surface area (Å²) in [5.74, 6) is -2.42. The first-order chi connectivity index (χ1) is 12.0. The maximum atomic E-state index is 13.9. The lowest BCUT2D eigenvalue weighted by atomic mass is 9.72. The van der Waals surface area contributed by atoms with E-state index in [9.17, 15) is 35.9 Å². The number of esters is 2. The van der Waals surface area contributed by atoms with Crippen LogP contribution in [0.1, 0.15) is 31.8 Å². The van der Waals surface area contributed by atoms with Gasteiger partial charge in [-0.15, -0.1) is 0 Å². The summed E-state index contributed by atoms with van der Waals surface area (Å²) in [6.45, 7) is 0. The zero-order valence-electron chi connectivity index (χ0n) is 12.6. The minimum atomic E-state index is -5.77. The van der Waals surface area contributed by atoms with Crippen LogP contribution in [0.15, 0.2) is 48.5 Å². The van der Waals surface area contributed by atoms with Gasteiger partial charge < -0.3 is 4.74 Å². The van der Waals surface area contributed by atoms with Crippen molar-refractivity contribution >= 4 is 11.9 Å². The average molecular weight is 374 g/mol. The Balaban J connectivity index is 2.38. The van der Waals surface area contributed by atoms with Gasteiger partial charge in [-0.25, -0.2) is 9.59 Å². The van der Waals surface area contributed by atoms with Gasteiger partial charge in [0.15, 0.2) is 0 Å². The van der Waals surface area contributed by atoms with Crippen molar-refractivity contribution < 1.29 is 40.7 Å². The Morgan fingerprint density at radius 1 is 0.654 bits per heavy atom. The summed E-state index contributed by atoms with van der Waals surface area (Å²) >= 11 is 0. The van der Waals surface area contributed by atoms with Crippen LogP contribution in [0.25, 0.3) is 0 Å². The molecule has 3 rings (SSSR count). The Hall–Kier alpha value is -2.84. The number of fused-ring (bicyclic) bond motifs is 1. The second-order valence-corrected chi connectivity index (χ2v) is 5.55. The minimum absolute atomic E-state index is 0.384. The molecule has 0 amide bonds. The van der Waals surface area contributed by atoms with Crippen molar-refractivity contribution in [2.45, 2.75) is 17.8 Å². The molecule has 0 unspecified atom stereocenters. The predicted molar refractivity (Wildman–Crippen MR) is 75.5 cm³/mol. The van der Waals surface area contributed by atoms with Crippen LogP contribution < -0.4 is 0 Å². The van der Waals surface area contributed by atoms with Gasteiger partial charge in [0, 0.05) is 0 Å². The number of carbonyl (C=O) groups excluding carboxylic acids is 2. The van der Waals surface area contributed by atoms with Crippen LogP contribution in [0, 0.1) is 0 Å². The van der Waals surface area contributed by atoms with Crippen molar-refractivity contribution in [3.63, 3.8) is 0 Å². The molecule has 0 saturated carbocycles. The van der Waals surface area contributed by atoms with E-state index in [1.54, 1.807) is 0 Å². The number of benzene rings is 2. The molecule has 3 nitrogen and oxygen atoms in total. The van der Waals surface area contributed by atoms with Crippen LogP contribution in [0.3, 0.4) is 0 Å². The Kier molecular flexibility index (Phi) is 3.86. The number of hydrogen-bond donors (Lipinski definition) is 0. The van der Waals surface area contributed by atoms with Gasteiger partial charge in [0.2, 0.25) is 5.41 Å². The molecule has 0 radical (unpaired) electrons. The second kappa shape index (κ2) is 5.58. The molecule has 0 atom stereocenters. The lowest BCUT2D eigenvalue weighted by Gasteiger charge is -2.38. The molecule has 2 aromatic carbocycles. The van der Waals surface area contributed by atoms with E-state index < -0.39 is 46.4 Å². The first-order valence-corrected chi connectivity index (χ1v) is 7.10. The van der Waals surface area contributed by atoms with Crippen molar-refractivity contribution in [2.24, 2.45) is 0 Å². The van der Waals surface area contributed by atoms with Crippen LogP contribution in [0.5, 0.6) is 0 Å². The lowest BCUT2D eigenvalue weighted by molar-refractivity contribution is -0.288. The van der Waals surface area contributed by atoms with Gasteiger partial charge >= 0.3 is 24.3 Å². The van der Waals surface area contributed by atoms with Crippen molar-refractivity contribution in [1.29, 1.82) is 0 Å². The quantitative estimate of drug-likeness (QED) is 0.444. The Bertz CT molecular complexity index is 870. The van der Waals surface area contributed by atoms with Gasteiger partial charge in [-0.1, -0.05) is 36.4 Å². The third kappa shape index (κ3) is 2.38. The number of rotatable bonds is 2. The highest BCUT2D eigenvalue weighted by molar-refractivity contribution is 6.14. The Labute approximate surface area is 142 Å². The van der Waals surface area contributed by atoms with Gasteiger partial charge in [-0.05, 0) is 23.3 Å². The van der Waals surface area contributed by atoms with Crippen LogP contribution in [-0.4, -0.2) is 24.3 Å². The average Bonchev–Trinajstić information content (AvgIpc) is 2.81. The molecule has 0 aromatic heterocycles. The van der Waals surface area contributed by atoms with E-state index >= 15 is 0 Å². The number of halogens is 6. The van der Waals surface area contributed by atoms with Gasteiger partial charge in [-0.3, -0.25) is 0 Å². The summed E-state index contributed by atoms with van der Waals surface area (Å²) in [5, 5.41) is 0. The molecule has 1 heterocycles.